The zero-order valence-electron chi connectivity index (χ0n) is 14.2. The molecule has 1 fully saturated rings. The zero-order valence-corrected chi connectivity index (χ0v) is 15.8. The van der Waals surface area contributed by atoms with Gasteiger partial charge < -0.3 is 10.8 Å². The number of pyridine rings is 1. The molecule has 4 rings (SSSR count). The molecule has 10 heteroatoms. The van der Waals surface area contributed by atoms with Crippen LogP contribution in [0.3, 0.4) is 0 Å². The minimum absolute atomic E-state index is 0.0410. The Balaban J connectivity index is 1.66. The van der Waals surface area contributed by atoms with Gasteiger partial charge in [-0.25, -0.2) is 18.1 Å². The maximum Gasteiger partial charge on any atom is 0.240 e. The number of fused-ring (bicyclic) bond motifs is 1. The second kappa shape index (κ2) is 6.75. The van der Waals surface area contributed by atoms with E-state index in [1.54, 1.807) is 18.2 Å². The lowest BCUT2D eigenvalue weighted by molar-refractivity contribution is 0.159. The number of aromatic amines is 1. The number of hydrogen-bond acceptors (Lipinski definition) is 6. The van der Waals surface area contributed by atoms with Crippen molar-refractivity contribution in [2.75, 3.05) is 5.73 Å². The van der Waals surface area contributed by atoms with Gasteiger partial charge in [-0.1, -0.05) is 11.6 Å². The molecular weight excluding hydrogens is 390 g/mol. The van der Waals surface area contributed by atoms with Gasteiger partial charge in [0.1, 0.15) is 5.52 Å². The summed E-state index contributed by atoms with van der Waals surface area (Å²) in [5, 5.41) is 16.8. The normalized spacial score (nSPS) is 20.4. The fraction of sp³-hybridized carbons (Fsp3) is 0.294. The number of nitrogens with two attached hydrogens (primary N) is 1. The third-order valence-corrected chi connectivity index (χ3v) is 6.55. The minimum Gasteiger partial charge on any atom is -0.391 e. The maximum atomic E-state index is 12.6. The molecule has 0 amide bonds. The lowest BCUT2D eigenvalue weighted by Gasteiger charge is -2.17. The van der Waals surface area contributed by atoms with Crippen LogP contribution in [0.1, 0.15) is 19.3 Å². The van der Waals surface area contributed by atoms with Crippen molar-refractivity contribution in [3.8, 4) is 11.3 Å². The predicted octanol–water partition coefficient (Wildman–Crippen LogP) is 2.05. The molecule has 0 saturated heterocycles. The minimum atomic E-state index is -3.78. The number of aliphatic hydroxyl groups excluding tert-OH is 1. The molecule has 5 N–H and O–H groups in total. The Morgan fingerprint density at radius 1 is 1.26 bits per heavy atom. The molecule has 2 heterocycles. The van der Waals surface area contributed by atoms with E-state index < -0.39 is 22.2 Å². The molecule has 8 nitrogen and oxygen atoms in total. The summed E-state index contributed by atoms with van der Waals surface area (Å²) in [6.07, 6.45) is 1.34. The van der Waals surface area contributed by atoms with E-state index in [4.69, 9.17) is 17.3 Å². The molecule has 1 aromatic carbocycles. The summed E-state index contributed by atoms with van der Waals surface area (Å²) in [5.74, 6) is 0.279. The Labute approximate surface area is 160 Å². The van der Waals surface area contributed by atoms with Crippen LogP contribution in [0.25, 0.3) is 22.3 Å². The highest BCUT2D eigenvalue weighted by Crippen LogP contribution is 2.31. The van der Waals surface area contributed by atoms with Gasteiger partial charge in [0, 0.05) is 11.6 Å². The SMILES string of the molecule is Nc1n[nH]c2ccc(-c3ccc(S(=O)(=O)N[C@@H]4CCC[C@@H]4O)cc3Cl)nc12. The molecule has 0 radical (unpaired) electrons. The van der Waals surface area contributed by atoms with E-state index in [9.17, 15) is 13.5 Å². The third kappa shape index (κ3) is 3.39. The molecule has 0 bridgehead atoms. The number of nitrogens with zero attached hydrogens (tertiary/aromatic N) is 2. The molecule has 0 unspecified atom stereocenters. The Kier molecular flexibility index (Phi) is 4.55. The van der Waals surface area contributed by atoms with Gasteiger partial charge in [-0.15, -0.1) is 0 Å². The Hall–Kier alpha value is -2.20. The standard InChI is InChI=1S/C17H18ClN5O3S/c18-11-8-9(27(25,26)23-13-2-1-3-15(13)24)4-5-10(11)12-6-7-14-16(20-12)17(19)22-21-14/h4-8,13,15,23-24H,1-3H2,(H3,19,21,22)/t13-,15+/m1/s1. The monoisotopic (exact) mass is 407 g/mol. The van der Waals surface area contributed by atoms with E-state index in [0.29, 0.717) is 35.1 Å². The van der Waals surface area contributed by atoms with Crippen molar-refractivity contribution in [3.05, 3.63) is 35.4 Å². The molecule has 1 aliphatic rings. The van der Waals surface area contributed by atoms with Crippen LogP contribution in [-0.2, 0) is 10.0 Å². The first kappa shape index (κ1) is 18.2. The molecule has 27 heavy (non-hydrogen) atoms. The van der Waals surface area contributed by atoms with Crippen LogP contribution in [0, 0.1) is 0 Å². The summed E-state index contributed by atoms with van der Waals surface area (Å²) in [7, 11) is -3.78. The first-order chi connectivity index (χ1) is 12.8. The van der Waals surface area contributed by atoms with Gasteiger partial charge in [0.25, 0.3) is 0 Å². The zero-order chi connectivity index (χ0) is 19.2. The largest absolute Gasteiger partial charge is 0.391 e. The van der Waals surface area contributed by atoms with Crippen molar-refractivity contribution in [3.63, 3.8) is 0 Å². The van der Waals surface area contributed by atoms with Gasteiger partial charge in [-0.05, 0) is 49.6 Å². The number of H-pyrrole nitrogens is 1. The molecule has 2 atom stereocenters. The molecule has 0 spiro atoms. The van der Waals surface area contributed by atoms with Crippen LogP contribution in [0.4, 0.5) is 5.82 Å². The van der Waals surface area contributed by atoms with Crippen molar-refractivity contribution in [1.82, 2.24) is 19.9 Å². The number of halogens is 1. The molecular formula is C17H18ClN5O3S. The molecule has 2 aromatic heterocycles. The fourth-order valence-corrected chi connectivity index (χ4v) is 4.96. The lowest BCUT2D eigenvalue weighted by atomic mass is 10.1. The van der Waals surface area contributed by atoms with Crippen molar-refractivity contribution in [2.24, 2.45) is 0 Å². The number of aromatic nitrogens is 3. The van der Waals surface area contributed by atoms with E-state index in [0.717, 1.165) is 6.42 Å². The number of anilines is 1. The second-order valence-corrected chi connectivity index (χ2v) is 8.69. The van der Waals surface area contributed by atoms with E-state index in [1.807, 2.05) is 0 Å². The number of aliphatic hydroxyl groups is 1. The molecule has 142 valence electrons. The van der Waals surface area contributed by atoms with E-state index in [-0.39, 0.29) is 15.7 Å². The van der Waals surface area contributed by atoms with Crippen LogP contribution in [0.15, 0.2) is 35.2 Å². The van der Waals surface area contributed by atoms with Crippen LogP contribution < -0.4 is 10.5 Å². The van der Waals surface area contributed by atoms with Crippen LogP contribution in [-0.4, -0.2) is 40.9 Å². The number of rotatable bonds is 4. The number of benzene rings is 1. The van der Waals surface area contributed by atoms with Gasteiger partial charge in [-0.2, -0.15) is 5.10 Å². The fourth-order valence-electron chi connectivity index (χ4n) is 3.28. The summed E-state index contributed by atoms with van der Waals surface area (Å²) in [5.41, 5.74) is 8.15. The van der Waals surface area contributed by atoms with Crippen molar-refractivity contribution in [1.29, 1.82) is 0 Å². The summed E-state index contributed by atoms with van der Waals surface area (Å²) < 4.78 is 27.7. The second-order valence-electron chi connectivity index (χ2n) is 6.57. The summed E-state index contributed by atoms with van der Waals surface area (Å²) in [6, 6.07) is 7.52. The smallest absolute Gasteiger partial charge is 0.240 e. The first-order valence-corrected chi connectivity index (χ1v) is 10.3. The van der Waals surface area contributed by atoms with Gasteiger partial charge in [0.2, 0.25) is 10.0 Å². The van der Waals surface area contributed by atoms with E-state index >= 15 is 0 Å². The quantitative estimate of drug-likeness (QED) is 0.523. The average Bonchev–Trinajstić information content (AvgIpc) is 3.20. The summed E-state index contributed by atoms with van der Waals surface area (Å²) in [4.78, 5) is 4.49. The maximum absolute atomic E-state index is 12.6. The number of nitrogens with one attached hydrogen (secondary N) is 2. The highest BCUT2D eigenvalue weighted by Gasteiger charge is 2.30. The first-order valence-electron chi connectivity index (χ1n) is 8.46. The van der Waals surface area contributed by atoms with Gasteiger partial charge >= 0.3 is 0 Å². The van der Waals surface area contributed by atoms with Crippen LogP contribution in [0.2, 0.25) is 5.02 Å². The van der Waals surface area contributed by atoms with Gasteiger partial charge in [0.05, 0.1) is 27.2 Å². The highest BCUT2D eigenvalue weighted by atomic mass is 35.5. The molecule has 0 aliphatic heterocycles. The molecule has 3 aromatic rings. The Morgan fingerprint density at radius 2 is 2.07 bits per heavy atom. The average molecular weight is 408 g/mol. The van der Waals surface area contributed by atoms with Gasteiger partial charge in [-0.3, -0.25) is 5.10 Å². The third-order valence-electron chi connectivity index (χ3n) is 4.75. The number of hydrogen-bond donors (Lipinski definition) is 4. The summed E-state index contributed by atoms with van der Waals surface area (Å²) in [6.45, 7) is 0. The lowest BCUT2D eigenvalue weighted by Crippen LogP contribution is -2.39. The Morgan fingerprint density at radius 3 is 2.78 bits per heavy atom. The summed E-state index contributed by atoms with van der Waals surface area (Å²) >= 11 is 6.34. The number of nitrogen functional groups attached to an aromatic ring is 1. The van der Waals surface area contributed by atoms with Crippen LogP contribution >= 0.6 is 11.6 Å². The molecule has 1 saturated carbocycles. The van der Waals surface area contributed by atoms with Crippen molar-refractivity contribution >= 4 is 38.5 Å². The van der Waals surface area contributed by atoms with Crippen molar-refractivity contribution in [2.45, 2.75) is 36.3 Å². The van der Waals surface area contributed by atoms with Crippen LogP contribution in [0.5, 0.6) is 0 Å². The number of sulfonamides is 1. The van der Waals surface area contributed by atoms with Crippen molar-refractivity contribution < 1.29 is 13.5 Å². The van der Waals surface area contributed by atoms with Gasteiger partial charge in [0.15, 0.2) is 5.82 Å². The molecule has 1 aliphatic carbocycles. The Bertz CT molecular complexity index is 1110. The predicted molar refractivity (Wildman–Crippen MR) is 103 cm³/mol. The van der Waals surface area contributed by atoms with E-state index in [2.05, 4.69) is 19.9 Å². The highest BCUT2D eigenvalue weighted by molar-refractivity contribution is 7.89. The topological polar surface area (TPSA) is 134 Å². The van der Waals surface area contributed by atoms with E-state index in [1.165, 1.54) is 12.1 Å².